The Morgan fingerprint density at radius 2 is 0.978 bits per heavy atom. The van der Waals surface area contributed by atoms with Crippen LogP contribution in [0.4, 0.5) is 0 Å². The molecule has 6 rings (SSSR count). The molecule has 0 N–H and O–H groups in total. The summed E-state index contributed by atoms with van der Waals surface area (Å²) in [6.45, 7) is 9.24. The maximum atomic E-state index is 13.8. The van der Waals surface area contributed by atoms with Gasteiger partial charge in [0.05, 0.1) is 11.2 Å². The van der Waals surface area contributed by atoms with Crippen LogP contribution in [0.3, 0.4) is 0 Å². The molecular formula is C40H47O5P. The molecule has 0 aliphatic heterocycles. The highest BCUT2D eigenvalue weighted by atomic mass is 31.1. The average Bonchev–Trinajstić information content (AvgIpc) is 3.97. The van der Waals surface area contributed by atoms with Crippen molar-refractivity contribution in [1.29, 1.82) is 0 Å². The largest absolute Gasteiger partial charge is 0.489 e. The Bertz CT molecular complexity index is 1480. The topological polar surface area (TPSA) is 54.0 Å². The van der Waals surface area contributed by atoms with E-state index < -0.39 is 19.5 Å². The van der Waals surface area contributed by atoms with Crippen LogP contribution in [0.25, 0.3) is 0 Å². The van der Waals surface area contributed by atoms with E-state index in [0.717, 1.165) is 59.4 Å². The molecule has 46 heavy (non-hydrogen) atoms. The summed E-state index contributed by atoms with van der Waals surface area (Å²) in [7, 11) is -2.84. The smallest absolute Gasteiger partial charge is 0.320 e. The van der Waals surface area contributed by atoms with E-state index in [2.05, 4.69) is 76.2 Å². The van der Waals surface area contributed by atoms with Crippen LogP contribution in [-0.4, -0.2) is 11.2 Å². The number of hydrogen-bond donors (Lipinski definition) is 0. The Hall–Kier alpha value is -3.37. The van der Waals surface area contributed by atoms with Crippen LogP contribution in [0.1, 0.15) is 87.5 Å². The summed E-state index contributed by atoms with van der Waals surface area (Å²) in [4.78, 5) is 0. The van der Waals surface area contributed by atoms with Gasteiger partial charge >= 0.3 is 8.25 Å². The van der Waals surface area contributed by atoms with Gasteiger partial charge in [0, 0.05) is 11.8 Å². The van der Waals surface area contributed by atoms with E-state index in [1.54, 1.807) is 0 Å². The molecule has 0 heterocycles. The van der Waals surface area contributed by atoms with Crippen LogP contribution < -0.4 is 9.47 Å². The molecule has 2 saturated carbocycles. The first-order valence-electron chi connectivity index (χ1n) is 16.6. The SMILES string of the molecule is CC(C)(O[PH](=O)OC(C)(C)C(c1cccc(OCc2ccccc2)c1)C1CC1)C(c1cccc(OCc2ccccc2)c1)C1CC1. The lowest BCUT2D eigenvalue weighted by molar-refractivity contribution is 0.0123. The standard InChI is InChI=1S/C40H47O5P/c1-39(2,37(31-21-22-31)33-17-11-19-35(25-33)42-27-29-13-7-5-8-14-29)44-46(41)45-40(3,4)38(32-23-24-32)34-18-12-20-36(26-34)43-28-30-15-9-6-10-16-30/h5-20,25-26,31-32,37-38,46H,21-24,27-28H2,1-4H3. The monoisotopic (exact) mass is 638 g/mol. The number of ether oxygens (including phenoxy) is 2. The molecule has 2 aliphatic carbocycles. The van der Waals surface area contributed by atoms with E-state index in [4.69, 9.17) is 18.5 Å². The third kappa shape index (κ3) is 8.50. The predicted molar refractivity (Wildman–Crippen MR) is 185 cm³/mol. The summed E-state index contributed by atoms with van der Waals surface area (Å²) in [5, 5.41) is 0. The Labute approximate surface area is 275 Å². The van der Waals surface area contributed by atoms with Crippen molar-refractivity contribution in [3.8, 4) is 11.5 Å². The summed E-state index contributed by atoms with van der Waals surface area (Å²) in [6.07, 6.45) is 4.52. The Kier molecular flexibility index (Phi) is 10.0. The first-order valence-corrected chi connectivity index (χ1v) is 17.9. The van der Waals surface area contributed by atoms with Crippen LogP contribution in [0.2, 0.25) is 0 Å². The molecule has 2 unspecified atom stereocenters. The molecule has 0 amide bonds. The zero-order chi connectivity index (χ0) is 32.1. The maximum Gasteiger partial charge on any atom is 0.320 e. The predicted octanol–water partition coefficient (Wildman–Crippen LogP) is 10.5. The lowest BCUT2D eigenvalue weighted by atomic mass is 9.81. The second-order valence-corrected chi connectivity index (χ2v) is 14.9. The van der Waals surface area contributed by atoms with Gasteiger partial charge in [-0.15, -0.1) is 0 Å². The van der Waals surface area contributed by atoms with Crippen molar-refractivity contribution in [3.63, 3.8) is 0 Å². The molecule has 2 aliphatic rings. The lowest BCUT2D eigenvalue weighted by Crippen LogP contribution is -2.35. The molecule has 4 aromatic carbocycles. The summed E-state index contributed by atoms with van der Waals surface area (Å²) in [6, 6.07) is 37.0. The van der Waals surface area contributed by atoms with Crippen molar-refractivity contribution in [2.24, 2.45) is 11.8 Å². The van der Waals surface area contributed by atoms with E-state index in [1.807, 2.05) is 60.7 Å². The fraction of sp³-hybridized carbons (Fsp3) is 0.400. The molecule has 2 atom stereocenters. The van der Waals surface area contributed by atoms with Crippen LogP contribution in [-0.2, 0) is 26.8 Å². The minimum atomic E-state index is -2.84. The zero-order valence-corrected chi connectivity index (χ0v) is 28.5. The van der Waals surface area contributed by atoms with Crippen molar-refractivity contribution >= 4 is 8.25 Å². The third-order valence-electron chi connectivity index (χ3n) is 9.31. The Balaban J connectivity index is 1.13. The molecule has 5 nitrogen and oxygen atoms in total. The summed E-state index contributed by atoms with van der Waals surface area (Å²) in [5.74, 6) is 2.75. The van der Waals surface area contributed by atoms with E-state index in [9.17, 15) is 4.57 Å². The maximum absolute atomic E-state index is 13.8. The van der Waals surface area contributed by atoms with Gasteiger partial charge in [0.1, 0.15) is 24.7 Å². The fourth-order valence-electron chi connectivity index (χ4n) is 7.00. The van der Waals surface area contributed by atoms with Gasteiger partial charge in [0.25, 0.3) is 0 Å². The summed E-state index contributed by atoms with van der Waals surface area (Å²) in [5.41, 5.74) is 3.18. The van der Waals surface area contributed by atoms with Gasteiger partial charge in [-0.25, -0.2) is 0 Å². The van der Waals surface area contributed by atoms with E-state index in [1.165, 1.54) is 0 Å². The van der Waals surface area contributed by atoms with E-state index in [0.29, 0.717) is 25.0 Å². The molecule has 0 saturated heterocycles. The van der Waals surface area contributed by atoms with Crippen LogP contribution >= 0.6 is 8.25 Å². The normalized spacial score (nSPS) is 17.2. The molecule has 2 fully saturated rings. The molecule has 4 aromatic rings. The molecule has 0 bridgehead atoms. The second kappa shape index (κ2) is 14.2. The van der Waals surface area contributed by atoms with Gasteiger partial charge in [-0.3, -0.25) is 4.57 Å². The van der Waals surface area contributed by atoms with Gasteiger partial charge in [0.15, 0.2) is 0 Å². The molecule has 0 spiro atoms. The zero-order valence-electron chi connectivity index (χ0n) is 27.5. The minimum Gasteiger partial charge on any atom is -0.489 e. The van der Waals surface area contributed by atoms with Gasteiger partial charge in [0.2, 0.25) is 0 Å². The second-order valence-electron chi connectivity index (χ2n) is 14.0. The first-order chi connectivity index (χ1) is 22.2. The van der Waals surface area contributed by atoms with Crippen LogP contribution in [0.5, 0.6) is 11.5 Å². The number of rotatable bonds is 16. The number of hydrogen-bond acceptors (Lipinski definition) is 5. The van der Waals surface area contributed by atoms with E-state index >= 15 is 0 Å². The third-order valence-corrected chi connectivity index (χ3v) is 10.7. The minimum absolute atomic E-state index is 0.0751. The van der Waals surface area contributed by atoms with Gasteiger partial charge < -0.3 is 18.5 Å². The number of benzene rings is 4. The summed E-state index contributed by atoms with van der Waals surface area (Å²) >= 11 is 0. The van der Waals surface area contributed by atoms with Crippen LogP contribution in [0.15, 0.2) is 109 Å². The highest BCUT2D eigenvalue weighted by Gasteiger charge is 2.47. The summed E-state index contributed by atoms with van der Waals surface area (Å²) < 4.78 is 38.9. The van der Waals surface area contributed by atoms with Crippen molar-refractivity contribution < 1.29 is 23.1 Å². The van der Waals surface area contributed by atoms with Crippen molar-refractivity contribution in [2.75, 3.05) is 0 Å². The van der Waals surface area contributed by atoms with Crippen molar-refractivity contribution in [3.05, 3.63) is 131 Å². The van der Waals surface area contributed by atoms with Crippen molar-refractivity contribution in [1.82, 2.24) is 0 Å². The van der Waals surface area contributed by atoms with E-state index in [-0.39, 0.29) is 11.8 Å². The molecular weight excluding hydrogens is 591 g/mol. The van der Waals surface area contributed by atoms with Crippen LogP contribution in [0, 0.1) is 11.8 Å². The molecule has 0 radical (unpaired) electrons. The molecule has 6 heteroatoms. The quantitative estimate of drug-likeness (QED) is 0.114. The van der Waals surface area contributed by atoms with Gasteiger partial charge in [-0.2, -0.15) is 0 Å². The Morgan fingerprint density at radius 1 is 0.587 bits per heavy atom. The molecule has 0 aromatic heterocycles. The first kappa shape index (κ1) is 32.6. The molecule has 242 valence electrons. The lowest BCUT2D eigenvalue weighted by Gasteiger charge is -2.38. The van der Waals surface area contributed by atoms with Crippen molar-refractivity contribution in [2.45, 2.75) is 89.6 Å². The Morgan fingerprint density at radius 3 is 1.35 bits per heavy atom. The average molecular weight is 639 g/mol. The highest BCUT2D eigenvalue weighted by molar-refractivity contribution is 7.33. The van der Waals surface area contributed by atoms with Gasteiger partial charge in [-0.05, 0) is 112 Å². The fourth-order valence-corrected chi connectivity index (χ4v) is 8.15. The van der Waals surface area contributed by atoms with Gasteiger partial charge in [-0.1, -0.05) is 84.9 Å². The highest BCUT2D eigenvalue weighted by Crippen LogP contribution is 2.55.